The number of carbonyl (C=O) groups is 1. The summed E-state index contributed by atoms with van der Waals surface area (Å²) >= 11 is 0. The number of carboxylic acid groups (broad SMARTS) is 1. The maximum Gasteiger partial charge on any atom is 0.337 e. The number of hydrogen-bond acceptors (Lipinski definition) is 4. The average molecular weight is 250 g/mol. The standard InChI is InChI=1S/C13H18N2O3/c14-9-4-5-11(13(16)17)12(7-9)15-8-10-3-1-2-6-18-10/h4-5,7,10,15H,1-3,6,8,14H2,(H,16,17). The molecule has 0 aliphatic carbocycles. The second-order valence-corrected chi connectivity index (χ2v) is 4.48. The minimum absolute atomic E-state index is 0.154. The Morgan fingerprint density at radius 1 is 1.50 bits per heavy atom. The first-order chi connectivity index (χ1) is 8.66. The molecule has 18 heavy (non-hydrogen) atoms. The predicted molar refractivity (Wildman–Crippen MR) is 69.9 cm³/mol. The van der Waals surface area contributed by atoms with Gasteiger partial charge < -0.3 is 20.9 Å². The zero-order chi connectivity index (χ0) is 13.0. The van der Waals surface area contributed by atoms with Crippen molar-refractivity contribution < 1.29 is 14.6 Å². The maximum absolute atomic E-state index is 11.1. The minimum Gasteiger partial charge on any atom is -0.478 e. The molecule has 5 heteroatoms. The van der Waals surface area contributed by atoms with Crippen LogP contribution in [0.3, 0.4) is 0 Å². The SMILES string of the molecule is Nc1ccc(C(=O)O)c(NCC2CCCCO2)c1. The van der Waals surface area contributed by atoms with E-state index in [9.17, 15) is 4.79 Å². The minimum atomic E-state index is -0.956. The molecule has 0 bridgehead atoms. The molecule has 1 heterocycles. The third-order valence-electron chi connectivity index (χ3n) is 3.07. The number of nitrogens with one attached hydrogen (secondary N) is 1. The molecule has 5 nitrogen and oxygen atoms in total. The first-order valence-corrected chi connectivity index (χ1v) is 6.15. The van der Waals surface area contributed by atoms with Crippen LogP contribution in [0.4, 0.5) is 11.4 Å². The van der Waals surface area contributed by atoms with Crippen LogP contribution in [0.5, 0.6) is 0 Å². The highest BCUT2D eigenvalue weighted by atomic mass is 16.5. The van der Waals surface area contributed by atoms with Crippen molar-refractivity contribution in [2.24, 2.45) is 0 Å². The van der Waals surface area contributed by atoms with Gasteiger partial charge in [-0.1, -0.05) is 0 Å². The normalized spacial score (nSPS) is 19.4. The molecule has 4 N–H and O–H groups in total. The molecule has 1 aromatic rings. The molecule has 0 saturated carbocycles. The molecule has 0 amide bonds. The average Bonchev–Trinajstić information content (AvgIpc) is 2.37. The number of anilines is 2. The van der Waals surface area contributed by atoms with Crippen LogP contribution in [-0.2, 0) is 4.74 Å². The van der Waals surface area contributed by atoms with E-state index >= 15 is 0 Å². The number of aromatic carboxylic acids is 1. The summed E-state index contributed by atoms with van der Waals surface area (Å²) in [5, 5.41) is 12.2. The Hall–Kier alpha value is -1.75. The van der Waals surface area contributed by atoms with E-state index in [-0.39, 0.29) is 11.7 Å². The highest BCUT2D eigenvalue weighted by Gasteiger charge is 2.15. The molecular weight excluding hydrogens is 232 g/mol. The summed E-state index contributed by atoms with van der Waals surface area (Å²) < 4.78 is 5.59. The molecule has 1 aliphatic heterocycles. The van der Waals surface area contributed by atoms with Gasteiger partial charge in [-0.3, -0.25) is 0 Å². The van der Waals surface area contributed by atoms with E-state index in [1.165, 1.54) is 6.07 Å². The third kappa shape index (κ3) is 3.13. The van der Waals surface area contributed by atoms with Crippen molar-refractivity contribution in [1.29, 1.82) is 0 Å². The lowest BCUT2D eigenvalue weighted by Crippen LogP contribution is -2.27. The van der Waals surface area contributed by atoms with Gasteiger partial charge in [0.15, 0.2) is 0 Å². The lowest BCUT2D eigenvalue weighted by Gasteiger charge is -2.23. The molecule has 0 aromatic heterocycles. The first-order valence-electron chi connectivity index (χ1n) is 6.15. The van der Waals surface area contributed by atoms with E-state index in [0.29, 0.717) is 17.9 Å². The summed E-state index contributed by atoms with van der Waals surface area (Å²) in [6, 6.07) is 4.75. The van der Waals surface area contributed by atoms with Gasteiger partial charge in [-0.05, 0) is 37.5 Å². The Kier molecular flexibility index (Phi) is 4.04. The van der Waals surface area contributed by atoms with Gasteiger partial charge in [-0.25, -0.2) is 4.79 Å². The van der Waals surface area contributed by atoms with E-state index in [1.807, 2.05) is 0 Å². The molecule has 1 atom stereocenters. The Balaban J connectivity index is 2.03. The molecule has 2 rings (SSSR count). The predicted octanol–water partition coefficient (Wildman–Crippen LogP) is 1.95. The van der Waals surface area contributed by atoms with Crippen LogP contribution >= 0.6 is 0 Å². The van der Waals surface area contributed by atoms with Crippen LogP contribution in [0.1, 0.15) is 29.6 Å². The summed E-state index contributed by atoms with van der Waals surface area (Å²) in [5.41, 5.74) is 7.01. The van der Waals surface area contributed by atoms with Crippen LogP contribution in [0.15, 0.2) is 18.2 Å². The summed E-state index contributed by atoms with van der Waals surface area (Å²) in [7, 11) is 0. The molecule has 1 aliphatic rings. The fourth-order valence-corrected chi connectivity index (χ4v) is 2.09. The summed E-state index contributed by atoms with van der Waals surface area (Å²) in [6.45, 7) is 1.40. The Labute approximate surface area is 106 Å². The van der Waals surface area contributed by atoms with E-state index in [4.69, 9.17) is 15.6 Å². The second kappa shape index (κ2) is 5.73. The highest BCUT2D eigenvalue weighted by molar-refractivity contribution is 5.95. The highest BCUT2D eigenvalue weighted by Crippen LogP contribution is 2.20. The van der Waals surface area contributed by atoms with Crippen molar-refractivity contribution in [3.63, 3.8) is 0 Å². The molecule has 1 saturated heterocycles. The van der Waals surface area contributed by atoms with Gasteiger partial charge >= 0.3 is 5.97 Å². The maximum atomic E-state index is 11.1. The van der Waals surface area contributed by atoms with Crippen LogP contribution in [-0.4, -0.2) is 30.3 Å². The summed E-state index contributed by atoms with van der Waals surface area (Å²) in [5.74, 6) is -0.956. The fraction of sp³-hybridized carbons (Fsp3) is 0.462. The van der Waals surface area contributed by atoms with Crippen LogP contribution in [0.2, 0.25) is 0 Å². The van der Waals surface area contributed by atoms with Crippen LogP contribution in [0, 0.1) is 0 Å². The smallest absolute Gasteiger partial charge is 0.337 e. The molecule has 98 valence electrons. The number of rotatable bonds is 4. The lowest BCUT2D eigenvalue weighted by molar-refractivity contribution is 0.0247. The van der Waals surface area contributed by atoms with Crippen molar-refractivity contribution in [2.75, 3.05) is 24.2 Å². The third-order valence-corrected chi connectivity index (χ3v) is 3.07. The van der Waals surface area contributed by atoms with Gasteiger partial charge in [-0.15, -0.1) is 0 Å². The van der Waals surface area contributed by atoms with Gasteiger partial charge in [0.25, 0.3) is 0 Å². The summed E-state index contributed by atoms with van der Waals surface area (Å²) in [6.07, 6.45) is 3.43. The van der Waals surface area contributed by atoms with E-state index < -0.39 is 5.97 Å². The Morgan fingerprint density at radius 3 is 3.00 bits per heavy atom. The largest absolute Gasteiger partial charge is 0.478 e. The molecule has 0 spiro atoms. The van der Waals surface area contributed by atoms with Gasteiger partial charge in [0.2, 0.25) is 0 Å². The van der Waals surface area contributed by atoms with Gasteiger partial charge in [0.1, 0.15) is 0 Å². The zero-order valence-electron chi connectivity index (χ0n) is 10.2. The van der Waals surface area contributed by atoms with Gasteiger partial charge in [0, 0.05) is 18.8 Å². The van der Waals surface area contributed by atoms with Crippen LogP contribution < -0.4 is 11.1 Å². The van der Waals surface area contributed by atoms with Gasteiger partial charge in [-0.2, -0.15) is 0 Å². The van der Waals surface area contributed by atoms with E-state index in [0.717, 1.165) is 25.9 Å². The molecule has 1 unspecified atom stereocenters. The molecule has 0 radical (unpaired) electrons. The fourth-order valence-electron chi connectivity index (χ4n) is 2.09. The number of nitrogens with two attached hydrogens (primary N) is 1. The molecular formula is C13H18N2O3. The van der Waals surface area contributed by atoms with Crippen molar-refractivity contribution >= 4 is 17.3 Å². The molecule has 1 aromatic carbocycles. The Morgan fingerprint density at radius 2 is 2.33 bits per heavy atom. The monoisotopic (exact) mass is 250 g/mol. The molecule has 1 fully saturated rings. The topological polar surface area (TPSA) is 84.6 Å². The van der Waals surface area contributed by atoms with E-state index in [2.05, 4.69) is 5.32 Å². The zero-order valence-corrected chi connectivity index (χ0v) is 10.2. The first kappa shape index (κ1) is 12.7. The number of hydrogen-bond donors (Lipinski definition) is 3. The van der Waals surface area contributed by atoms with Crippen molar-refractivity contribution in [2.45, 2.75) is 25.4 Å². The Bertz CT molecular complexity index is 428. The van der Waals surface area contributed by atoms with Crippen LogP contribution in [0.25, 0.3) is 0 Å². The number of nitrogen functional groups attached to an aromatic ring is 1. The van der Waals surface area contributed by atoms with E-state index in [1.54, 1.807) is 12.1 Å². The number of ether oxygens (including phenoxy) is 1. The van der Waals surface area contributed by atoms with Crippen molar-refractivity contribution in [3.8, 4) is 0 Å². The quantitative estimate of drug-likeness (QED) is 0.711. The van der Waals surface area contributed by atoms with Crippen molar-refractivity contribution in [1.82, 2.24) is 0 Å². The summed E-state index contributed by atoms with van der Waals surface area (Å²) in [4.78, 5) is 11.1. The second-order valence-electron chi connectivity index (χ2n) is 4.48. The number of benzene rings is 1. The van der Waals surface area contributed by atoms with Gasteiger partial charge in [0.05, 0.1) is 17.4 Å². The number of carboxylic acids is 1. The lowest BCUT2D eigenvalue weighted by atomic mass is 10.1. The van der Waals surface area contributed by atoms with Crippen molar-refractivity contribution in [3.05, 3.63) is 23.8 Å².